The maximum atomic E-state index is 2.33. The van der Waals surface area contributed by atoms with E-state index in [4.69, 9.17) is 0 Å². The molecule has 42 valence electrons. The molecule has 0 bridgehead atoms. The van der Waals surface area contributed by atoms with E-state index < -0.39 is 0 Å². The van der Waals surface area contributed by atoms with Crippen LogP contribution in [0.3, 0.4) is 0 Å². The lowest BCUT2D eigenvalue weighted by atomic mass is 10.3. The number of allylic oxidation sites excluding steroid dienone is 1. The largest absolute Gasteiger partial charge is 0.0616 e. The summed E-state index contributed by atoms with van der Waals surface area (Å²) in [6.07, 6.45) is 1.18. The second-order valence-electron chi connectivity index (χ2n) is 1.39. The third-order valence-corrected chi connectivity index (χ3v) is 2.69. The van der Waals surface area contributed by atoms with Crippen molar-refractivity contribution in [1.82, 2.24) is 0 Å². The van der Waals surface area contributed by atoms with Gasteiger partial charge in [-0.1, -0.05) is 12.5 Å². The van der Waals surface area contributed by atoms with Gasteiger partial charge >= 0.3 is 0 Å². The number of rotatable bonds is 1. The lowest BCUT2D eigenvalue weighted by molar-refractivity contribution is 1.11. The van der Waals surface area contributed by atoms with Crippen molar-refractivity contribution >= 4 is 45.2 Å². The summed E-state index contributed by atoms with van der Waals surface area (Å²) in [5, 5.41) is 0. The van der Waals surface area contributed by atoms with Gasteiger partial charge in [0.15, 0.2) is 0 Å². The van der Waals surface area contributed by atoms with Gasteiger partial charge in [0.25, 0.3) is 0 Å². The van der Waals surface area contributed by atoms with Crippen molar-refractivity contribution in [1.29, 1.82) is 0 Å². The number of halogens is 2. The zero-order valence-electron chi connectivity index (χ0n) is 4.46. The van der Waals surface area contributed by atoms with Crippen LogP contribution in [0.4, 0.5) is 0 Å². The Labute approximate surface area is 72.0 Å². The number of hydrogen-bond donors (Lipinski definition) is 0. The molecule has 0 nitrogen and oxygen atoms in total. The molecular formula is C5H8I2. The van der Waals surface area contributed by atoms with E-state index in [0.29, 0.717) is 0 Å². The minimum Gasteiger partial charge on any atom is -0.0616 e. The molecule has 0 N–H and O–H groups in total. The zero-order valence-corrected chi connectivity index (χ0v) is 8.78. The van der Waals surface area contributed by atoms with Crippen molar-refractivity contribution in [3.8, 4) is 0 Å². The molecule has 0 unspecified atom stereocenters. The Balaban J connectivity index is 3.72. The van der Waals surface area contributed by atoms with Gasteiger partial charge in [-0.25, -0.2) is 0 Å². The highest BCUT2D eigenvalue weighted by Crippen LogP contribution is 2.21. The van der Waals surface area contributed by atoms with Crippen LogP contribution < -0.4 is 0 Å². The van der Waals surface area contributed by atoms with Gasteiger partial charge in [-0.15, -0.1) is 0 Å². The van der Waals surface area contributed by atoms with Crippen molar-refractivity contribution in [2.75, 3.05) is 0 Å². The first-order chi connectivity index (χ1) is 3.18. The Kier molecular flexibility index (Phi) is 4.82. The van der Waals surface area contributed by atoms with Gasteiger partial charge in [0.1, 0.15) is 0 Å². The average Bonchev–Trinajstić information content (AvgIpc) is 1.65. The maximum Gasteiger partial charge on any atom is 0.0503 e. The summed E-state index contributed by atoms with van der Waals surface area (Å²) >= 11 is 4.67. The van der Waals surface area contributed by atoms with Crippen molar-refractivity contribution in [2.24, 2.45) is 0 Å². The monoisotopic (exact) mass is 322 g/mol. The average molecular weight is 322 g/mol. The van der Waals surface area contributed by atoms with E-state index in [1.54, 1.807) is 0 Å². The van der Waals surface area contributed by atoms with Crippen LogP contribution in [-0.4, -0.2) is 0 Å². The van der Waals surface area contributed by atoms with Crippen LogP contribution in [0, 0.1) is 0 Å². The Hall–Kier alpha value is 1.20. The lowest BCUT2D eigenvalue weighted by Crippen LogP contribution is -1.67. The topological polar surface area (TPSA) is 0 Å². The van der Waals surface area contributed by atoms with E-state index in [1.807, 2.05) is 0 Å². The molecule has 0 atom stereocenters. The van der Waals surface area contributed by atoms with Crippen molar-refractivity contribution in [3.63, 3.8) is 0 Å². The first kappa shape index (κ1) is 8.20. The standard InChI is InChI=1S/C5H8I2/c1-3-4(2)5(6)7/h3H2,1-2H3. The minimum absolute atomic E-state index is 1.18. The Morgan fingerprint density at radius 2 is 1.86 bits per heavy atom. The van der Waals surface area contributed by atoms with Crippen LogP contribution in [-0.2, 0) is 0 Å². The predicted octanol–water partition coefficient (Wildman–Crippen LogP) is 3.50. The molecule has 0 saturated heterocycles. The van der Waals surface area contributed by atoms with E-state index >= 15 is 0 Å². The SMILES string of the molecule is CCC(C)=C(I)I. The van der Waals surface area contributed by atoms with Gasteiger partial charge in [0.05, 0.1) is 1.59 Å². The van der Waals surface area contributed by atoms with Crippen molar-refractivity contribution in [3.05, 3.63) is 7.16 Å². The summed E-state index contributed by atoms with van der Waals surface area (Å²) in [5.74, 6) is 0. The highest BCUT2D eigenvalue weighted by molar-refractivity contribution is 14.2. The summed E-state index contributed by atoms with van der Waals surface area (Å²) < 4.78 is 1.40. The van der Waals surface area contributed by atoms with Gasteiger partial charge in [0.2, 0.25) is 0 Å². The van der Waals surface area contributed by atoms with E-state index in [-0.39, 0.29) is 0 Å². The smallest absolute Gasteiger partial charge is 0.0503 e. The quantitative estimate of drug-likeness (QED) is 0.648. The van der Waals surface area contributed by atoms with Crippen LogP contribution in [0.5, 0.6) is 0 Å². The highest BCUT2D eigenvalue weighted by Gasteiger charge is 1.86. The van der Waals surface area contributed by atoms with E-state index in [1.165, 1.54) is 13.6 Å². The van der Waals surface area contributed by atoms with Gasteiger partial charge in [0, 0.05) is 0 Å². The first-order valence-electron chi connectivity index (χ1n) is 2.19. The van der Waals surface area contributed by atoms with Crippen LogP contribution >= 0.6 is 45.2 Å². The zero-order chi connectivity index (χ0) is 5.86. The summed E-state index contributed by atoms with van der Waals surface area (Å²) in [6.45, 7) is 4.33. The van der Waals surface area contributed by atoms with E-state index in [0.717, 1.165) is 0 Å². The molecule has 0 aromatic heterocycles. The van der Waals surface area contributed by atoms with Crippen LogP contribution in [0.2, 0.25) is 0 Å². The molecule has 7 heavy (non-hydrogen) atoms. The molecule has 0 aliphatic carbocycles. The van der Waals surface area contributed by atoms with Crippen LogP contribution in [0.15, 0.2) is 7.16 Å². The molecule has 0 rings (SSSR count). The molecule has 0 aliphatic heterocycles. The number of hydrogen-bond acceptors (Lipinski definition) is 0. The molecule has 0 aliphatic rings. The molecule has 2 heteroatoms. The molecule has 0 saturated carbocycles. The molecule has 0 spiro atoms. The third kappa shape index (κ3) is 3.76. The minimum atomic E-state index is 1.18. The predicted molar refractivity (Wildman–Crippen MR) is 51.0 cm³/mol. The molecule has 0 aromatic carbocycles. The second kappa shape index (κ2) is 4.12. The molecule has 0 heterocycles. The summed E-state index contributed by atoms with van der Waals surface area (Å²) in [5.41, 5.74) is 1.49. The van der Waals surface area contributed by atoms with Gasteiger partial charge in [-0.2, -0.15) is 0 Å². The summed E-state index contributed by atoms with van der Waals surface area (Å²) in [4.78, 5) is 0. The van der Waals surface area contributed by atoms with Crippen LogP contribution in [0.25, 0.3) is 0 Å². The van der Waals surface area contributed by atoms with Gasteiger partial charge in [-0.05, 0) is 58.5 Å². The van der Waals surface area contributed by atoms with E-state index in [9.17, 15) is 0 Å². The fourth-order valence-electron chi connectivity index (χ4n) is 0.134. The third-order valence-electron chi connectivity index (χ3n) is 0.853. The van der Waals surface area contributed by atoms with Gasteiger partial charge < -0.3 is 0 Å². The second-order valence-corrected chi connectivity index (χ2v) is 5.62. The Morgan fingerprint density at radius 3 is 1.86 bits per heavy atom. The van der Waals surface area contributed by atoms with Crippen molar-refractivity contribution in [2.45, 2.75) is 20.3 Å². The normalized spacial score (nSPS) is 8.57. The molecule has 0 radical (unpaired) electrons. The Bertz CT molecular complexity index is 80.1. The van der Waals surface area contributed by atoms with E-state index in [2.05, 4.69) is 59.0 Å². The first-order valence-corrected chi connectivity index (χ1v) is 4.35. The Morgan fingerprint density at radius 1 is 1.43 bits per heavy atom. The molecule has 0 fully saturated rings. The summed E-state index contributed by atoms with van der Waals surface area (Å²) in [7, 11) is 0. The molecule has 0 aromatic rings. The fourth-order valence-corrected chi connectivity index (χ4v) is 0.896. The maximum absolute atomic E-state index is 2.33. The highest BCUT2D eigenvalue weighted by atomic mass is 127. The molecule has 0 amide bonds. The van der Waals surface area contributed by atoms with Crippen molar-refractivity contribution < 1.29 is 0 Å². The fraction of sp³-hybridized carbons (Fsp3) is 0.600. The van der Waals surface area contributed by atoms with Gasteiger partial charge in [-0.3, -0.25) is 0 Å². The van der Waals surface area contributed by atoms with Crippen LogP contribution in [0.1, 0.15) is 20.3 Å². The molecular weight excluding hydrogens is 314 g/mol. The lowest BCUT2D eigenvalue weighted by Gasteiger charge is -1.91. The summed E-state index contributed by atoms with van der Waals surface area (Å²) in [6, 6.07) is 0.